The summed E-state index contributed by atoms with van der Waals surface area (Å²) >= 11 is 0. The summed E-state index contributed by atoms with van der Waals surface area (Å²) in [7, 11) is 1.59. The average molecular weight is 382 g/mol. The van der Waals surface area contributed by atoms with Crippen LogP contribution in [-0.4, -0.2) is 23.9 Å². The van der Waals surface area contributed by atoms with Gasteiger partial charge in [0, 0.05) is 35.8 Å². The van der Waals surface area contributed by atoms with Crippen LogP contribution < -0.4 is 10.1 Å². The molecule has 0 spiro atoms. The van der Waals surface area contributed by atoms with Crippen molar-refractivity contribution < 1.29 is 14.5 Å². The fourth-order valence-corrected chi connectivity index (χ4v) is 3.88. The van der Waals surface area contributed by atoms with Gasteiger partial charge in [0.05, 0.1) is 12.0 Å². The monoisotopic (exact) mass is 382 g/mol. The number of hydrogen-bond acceptors (Lipinski definition) is 5. The first-order valence-corrected chi connectivity index (χ1v) is 9.75. The average Bonchev–Trinajstić information content (AvgIpc) is 2.74. The summed E-state index contributed by atoms with van der Waals surface area (Å²) in [6.07, 6.45) is 6.17. The number of nitro benzene ring substituents is 1. The van der Waals surface area contributed by atoms with Crippen molar-refractivity contribution in [2.24, 2.45) is 5.92 Å². The zero-order valence-electron chi connectivity index (χ0n) is 16.1. The van der Waals surface area contributed by atoms with Gasteiger partial charge in [-0.2, -0.15) is 0 Å². The lowest BCUT2D eigenvalue weighted by Gasteiger charge is -2.31. The van der Waals surface area contributed by atoms with E-state index in [4.69, 9.17) is 4.74 Å². The maximum absolute atomic E-state index is 12.9. The number of anilines is 1. The molecule has 1 saturated carbocycles. The van der Waals surface area contributed by atoms with E-state index in [-0.39, 0.29) is 17.5 Å². The van der Waals surface area contributed by atoms with Crippen molar-refractivity contribution in [1.82, 2.24) is 0 Å². The number of ketones is 1. The molecule has 1 aliphatic rings. The lowest BCUT2D eigenvalue weighted by Crippen LogP contribution is -2.33. The van der Waals surface area contributed by atoms with E-state index in [0.29, 0.717) is 23.7 Å². The number of carbonyl (C=O) groups is 1. The zero-order valence-corrected chi connectivity index (χ0v) is 16.1. The third-order valence-electron chi connectivity index (χ3n) is 5.45. The van der Waals surface area contributed by atoms with E-state index in [2.05, 4.69) is 5.32 Å². The molecule has 0 heterocycles. The van der Waals surface area contributed by atoms with E-state index >= 15 is 0 Å². The van der Waals surface area contributed by atoms with Crippen molar-refractivity contribution in [3.63, 3.8) is 0 Å². The molecule has 148 valence electrons. The van der Waals surface area contributed by atoms with Crippen LogP contribution in [0.3, 0.4) is 0 Å². The Kier molecular flexibility index (Phi) is 6.63. The number of Topliss-reactive ketones (excluding diaryl/α,β-unsaturated/α-hetero) is 1. The van der Waals surface area contributed by atoms with E-state index < -0.39 is 4.92 Å². The van der Waals surface area contributed by atoms with Crippen molar-refractivity contribution in [2.75, 3.05) is 12.4 Å². The van der Waals surface area contributed by atoms with Crippen LogP contribution in [0.5, 0.6) is 5.75 Å². The van der Waals surface area contributed by atoms with E-state index in [1.54, 1.807) is 25.3 Å². The number of benzene rings is 2. The van der Waals surface area contributed by atoms with Crippen molar-refractivity contribution in [3.8, 4) is 5.75 Å². The van der Waals surface area contributed by atoms with Crippen molar-refractivity contribution in [2.45, 2.75) is 44.6 Å². The Morgan fingerprint density at radius 3 is 2.54 bits per heavy atom. The lowest BCUT2D eigenvalue weighted by molar-refractivity contribution is -0.384. The molecule has 28 heavy (non-hydrogen) atoms. The molecule has 0 amide bonds. The predicted molar refractivity (Wildman–Crippen MR) is 109 cm³/mol. The first-order chi connectivity index (χ1) is 13.6. The SMILES string of the molecule is COc1cccc(C(=O)CC(Nc2ccc([N+](=O)[O-])cc2)C2CCCCC2)c1. The second-order valence-corrected chi connectivity index (χ2v) is 7.31. The van der Waals surface area contributed by atoms with Crippen LogP contribution in [0.2, 0.25) is 0 Å². The van der Waals surface area contributed by atoms with Crippen LogP contribution in [-0.2, 0) is 0 Å². The second kappa shape index (κ2) is 9.35. The third-order valence-corrected chi connectivity index (χ3v) is 5.45. The lowest BCUT2D eigenvalue weighted by atomic mass is 9.81. The summed E-state index contributed by atoms with van der Waals surface area (Å²) in [5, 5.41) is 14.3. The summed E-state index contributed by atoms with van der Waals surface area (Å²) < 4.78 is 5.23. The normalized spacial score (nSPS) is 15.6. The number of hydrogen-bond donors (Lipinski definition) is 1. The van der Waals surface area contributed by atoms with Gasteiger partial charge in [0.2, 0.25) is 0 Å². The first-order valence-electron chi connectivity index (χ1n) is 9.75. The Morgan fingerprint density at radius 1 is 1.18 bits per heavy atom. The van der Waals surface area contributed by atoms with Crippen LogP contribution in [0.15, 0.2) is 48.5 Å². The molecule has 1 N–H and O–H groups in total. The van der Waals surface area contributed by atoms with Gasteiger partial charge in [-0.15, -0.1) is 0 Å². The number of ether oxygens (including phenoxy) is 1. The molecule has 0 aliphatic heterocycles. The van der Waals surface area contributed by atoms with Gasteiger partial charge in [-0.3, -0.25) is 14.9 Å². The largest absolute Gasteiger partial charge is 0.497 e. The molecule has 1 unspecified atom stereocenters. The molecule has 0 bridgehead atoms. The van der Waals surface area contributed by atoms with Gasteiger partial charge in [-0.25, -0.2) is 0 Å². The molecule has 0 saturated heterocycles. The highest BCUT2D eigenvalue weighted by Gasteiger charge is 2.26. The van der Waals surface area contributed by atoms with Gasteiger partial charge < -0.3 is 10.1 Å². The highest BCUT2D eigenvalue weighted by atomic mass is 16.6. The Balaban J connectivity index is 1.76. The Morgan fingerprint density at radius 2 is 1.89 bits per heavy atom. The Bertz CT molecular complexity index is 814. The quantitative estimate of drug-likeness (QED) is 0.384. The number of nitro groups is 1. The van der Waals surface area contributed by atoms with Gasteiger partial charge in [0.1, 0.15) is 5.75 Å². The van der Waals surface area contributed by atoms with E-state index in [1.807, 2.05) is 18.2 Å². The van der Waals surface area contributed by atoms with Gasteiger partial charge in [-0.1, -0.05) is 31.4 Å². The van der Waals surface area contributed by atoms with Crippen LogP contribution in [0, 0.1) is 16.0 Å². The summed E-state index contributed by atoms with van der Waals surface area (Å²) in [5.74, 6) is 1.16. The first kappa shape index (κ1) is 19.9. The molecular formula is C22H26N2O4. The fourth-order valence-electron chi connectivity index (χ4n) is 3.88. The smallest absolute Gasteiger partial charge is 0.269 e. The topological polar surface area (TPSA) is 81.5 Å². The molecule has 2 aromatic rings. The maximum atomic E-state index is 12.9. The highest BCUT2D eigenvalue weighted by molar-refractivity contribution is 5.97. The molecule has 3 rings (SSSR count). The Labute approximate surface area is 165 Å². The Hall–Kier alpha value is -2.89. The number of carbonyl (C=O) groups excluding carboxylic acids is 1. The van der Waals surface area contributed by atoms with Crippen molar-refractivity contribution >= 4 is 17.2 Å². The van der Waals surface area contributed by atoms with Crippen LogP contribution in [0.1, 0.15) is 48.9 Å². The van der Waals surface area contributed by atoms with Gasteiger partial charge in [0.25, 0.3) is 5.69 Å². The van der Waals surface area contributed by atoms with Gasteiger partial charge in [-0.05, 0) is 43.0 Å². The van der Waals surface area contributed by atoms with Gasteiger partial charge in [0.15, 0.2) is 5.78 Å². The molecule has 6 heteroatoms. The molecular weight excluding hydrogens is 356 g/mol. The predicted octanol–water partition coefficient (Wildman–Crippen LogP) is 5.24. The second-order valence-electron chi connectivity index (χ2n) is 7.31. The number of rotatable bonds is 8. The van der Waals surface area contributed by atoms with Gasteiger partial charge >= 0.3 is 0 Å². The molecule has 1 fully saturated rings. The summed E-state index contributed by atoms with van der Waals surface area (Å²) in [4.78, 5) is 23.4. The van der Waals surface area contributed by atoms with Crippen molar-refractivity contribution in [3.05, 3.63) is 64.2 Å². The number of non-ortho nitro benzene ring substituents is 1. The van der Waals surface area contributed by atoms with E-state index in [9.17, 15) is 14.9 Å². The minimum atomic E-state index is -0.408. The summed E-state index contributed by atoms with van der Waals surface area (Å²) in [6, 6.07) is 13.6. The minimum absolute atomic E-state index is 0.000423. The molecule has 1 atom stereocenters. The minimum Gasteiger partial charge on any atom is -0.497 e. The summed E-state index contributed by atoms with van der Waals surface area (Å²) in [6.45, 7) is 0. The zero-order chi connectivity index (χ0) is 19.9. The summed E-state index contributed by atoms with van der Waals surface area (Å²) in [5.41, 5.74) is 1.51. The fraction of sp³-hybridized carbons (Fsp3) is 0.409. The molecule has 0 aromatic heterocycles. The van der Waals surface area contributed by atoms with Crippen LogP contribution >= 0.6 is 0 Å². The number of nitrogens with zero attached hydrogens (tertiary/aromatic N) is 1. The van der Waals surface area contributed by atoms with E-state index in [1.165, 1.54) is 31.4 Å². The maximum Gasteiger partial charge on any atom is 0.269 e. The third kappa shape index (κ3) is 5.09. The molecule has 6 nitrogen and oxygen atoms in total. The van der Waals surface area contributed by atoms with Crippen LogP contribution in [0.25, 0.3) is 0 Å². The van der Waals surface area contributed by atoms with Crippen molar-refractivity contribution in [1.29, 1.82) is 0 Å². The highest BCUT2D eigenvalue weighted by Crippen LogP contribution is 2.31. The number of methoxy groups -OCH3 is 1. The molecule has 0 radical (unpaired) electrons. The van der Waals surface area contributed by atoms with Crippen LogP contribution in [0.4, 0.5) is 11.4 Å². The molecule has 1 aliphatic carbocycles. The standard InChI is InChI=1S/C22H26N2O4/c1-28-20-9-5-8-17(14-20)22(25)15-21(16-6-3-2-4-7-16)23-18-10-12-19(13-11-18)24(26)27/h5,8-14,16,21,23H,2-4,6-7,15H2,1H3. The molecule has 2 aromatic carbocycles. The number of nitrogens with one attached hydrogen (secondary N) is 1. The van der Waals surface area contributed by atoms with E-state index in [0.717, 1.165) is 18.5 Å².